The van der Waals surface area contributed by atoms with Crippen molar-refractivity contribution in [2.45, 2.75) is 6.42 Å². The van der Waals surface area contributed by atoms with Crippen LogP contribution in [0.15, 0.2) is 29.4 Å². The van der Waals surface area contributed by atoms with E-state index in [-0.39, 0.29) is 0 Å². The molecule has 0 heterocycles. The molecule has 5 nitrogen and oxygen atoms in total. The van der Waals surface area contributed by atoms with E-state index in [4.69, 9.17) is 31.6 Å². The fraction of sp³-hybridized carbons (Fsp3) is 0.417. The molecule has 0 atom stereocenters. The first kappa shape index (κ1) is 14.6. The molecule has 100 valence electrons. The molecule has 0 aromatic heterocycles. The first-order valence-corrected chi connectivity index (χ1v) is 5.92. The fourth-order valence-corrected chi connectivity index (χ4v) is 1.31. The number of benzene rings is 1. The zero-order valence-corrected chi connectivity index (χ0v) is 11.0. The maximum absolute atomic E-state index is 5.81. The molecule has 1 rings (SSSR count). The molecule has 0 amide bonds. The van der Waals surface area contributed by atoms with E-state index in [0.717, 1.165) is 0 Å². The lowest BCUT2D eigenvalue weighted by molar-refractivity contribution is 0.105. The molecule has 1 aromatic rings. The topological polar surface area (TPSA) is 66.1 Å². The molecular weight excluding hydrogens is 256 g/mol. The van der Waals surface area contributed by atoms with Gasteiger partial charge in [-0.2, -0.15) is 0 Å². The molecule has 0 radical (unpaired) electrons. The predicted molar refractivity (Wildman–Crippen MR) is 71.0 cm³/mol. The highest BCUT2D eigenvalue weighted by atomic mass is 35.5. The molecule has 0 aliphatic carbocycles. The van der Waals surface area contributed by atoms with Crippen molar-refractivity contribution in [2.24, 2.45) is 10.9 Å². The van der Waals surface area contributed by atoms with Crippen LogP contribution in [0.3, 0.4) is 0 Å². The second-order valence-corrected chi connectivity index (χ2v) is 3.90. The van der Waals surface area contributed by atoms with E-state index in [1.165, 1.54) is 0 Å². The number of oxime groups is 1. The first-order chi connectivity index (χ1) is 8.72. The van der Waals surface area contributed by atoms with Gasteiger partial charge in [0.2, 0.25) is 0 Å². The van der Waals surface area contributed by atoms with Gasteiger partial charge in [0.25, 0.3) is 0 Å². The Morgan fingerprint density at radius 3 is 2.89 bits per heavy atom. The van der Waals surface area contributed by atoms with Crippen LogP contribution >= 0.6 is 11.6 Å². The zero-order chi connectivity index (χ0) is 13.2. The van der Waals surface area contributed by atoms with Gasteiger partial charge in [-0.3, -0.25) is 0 Å². The van der Waals surface area contributed by atoms with E-state index in [0.29, 0.717) is 42.8 Å². The summed E-state index contributed by atoms with van der Waals surface area (Å²) in [4.78, 5) is 4.99. The standard InChI is InChI=1S/C12H17ClN2O3/c1-16-6-5-12(14)15-18-8-7-17-11-4-2-3-10(13)9-11/h2-4,9H,5-8H2,1H3,(H2,14,15). The molecule has 0 fully saturated rings. The molecule has 1 aromatic carbocycles. The van der Waals surface area contributed by atoms with Crippen LogP contribution in [-0.4, -0.2) is 32.8 Å². The van der Waals surface area contributed by atoms with E-state index < -0.39 is 0 Å². The van der Waals surface area contributed by atoms with E-state index in [1.807, 2.05) is 12.1 Å². The second-order valence-electron chi connectivity index (χ2n) is 3.46. The van der Waals surface area contributed by atoms with Crippen molar-refractivity contribution in [3.8, 4) is 5.75 Å². The third-order valence-electron chi connectivity index (χ3n) is 1.98. The predicted octanol–water partition coefficient (Wildman–Crippen LogP) is 2.04. The lowest BCUT2D eigenvalue weighted by atomic mass is 10.3. The van der Waals surface area contributed by atoms with Crippen molar-refractivity contribution < 1.29 is 14.3 Å². The number of nitrogens with two attached hydrogens (primary N) is 1. The van der Waals surface area contributed by atoms with Crippen molar-refractivity contribution in [2.75, 3.05) is 26.9 Å². The highest BCUT2D eigenvalue weighted by Crippen LogP contribution is 2.16. The third kappa shape index (κ3) is 6.32. The number of halogens is 1. The fourth-order valence-electron chi connectivity index (χ4n) is 1.13. The van der Waals surface area contributed by atoms with Gasteiger partial charge in [-0.25, -0.2) is 0 Å². The lowest BCUT2D eigenvalue weighted by Gasteiger charge is -2.05. The number of hydrogen-bond acceptors (Lipinski definition) is 4. The molecular formula is C12H17ClN2O3. The van der Waals surface area contributed by atoms with Gasteiger partial charge in [-0.1, -0.05) is 22.8 Å². The number of nitrogens with zero attached hydrogens (tertiary/aromatic N) is 1. The van der Waals surface area contributed by atoms with Gasteiger partial charge in [0.05, 0.1) is 6.61 Å². The quantitative estimate of drug-likeness (QED) is 0.340. The Labute approximate surface area is 111 Å². The smallest absolute Gasteiger partial charge is 0.151 e. The van der Waals surface area contributed by atoms with Crippen molar-refractivity contribution in [3.05, 3.63) is 29.3 Å². The average Bonchev–Trinajstić information content (AvgIpc) is 2.36. The normalized spacial score (nSPS) is 11.3. The molecule has 0 spiro atoms. The van der Waals surface area contributed by atoms with Crippen LogP contribution < -0.4 is 10.5 Å². The zero-order valence-electron chi connectivity index (χ0n) is 10.3. The number of rotatable bonds is 8. The van der Waals surface area contributed by atoms with Gasteiger partial charge in [0.15, 0.2) is 6.61 Å². The molecule has 0 aliphatic heterocycles. The number of ether oxygens (including phenoxy) is 2. The Bertz CT molecular complexity index is 385. The third-order valence-corrected chi connectivity index (χ3v) is 2.22. The maximum atomic E-state index is 5.81. The van der Waals surface area contributed by atoms with Crippen molar-refractivity contribution >= 4 is 17.4 Å². The van der Waals surface area contributed by atoms with E-state index in [2.05, 4.69) is 5.16 Å². The first-order valence-electron chi connectivity index (χ1n) is 5.54. The van der Waals surface area contributed by atoms with Gasteiger partial charge in [0.1, 0.15) is 18.2 Å². The highest BCUT2D eigenvalue weighted by Gasteiger charge is 1.96. The molecule has 0 bridgehead atoms. The second kappa shape index (κ2) is 8.60. The van der Waals surface area contributed by atoms with Crippen LogP contribution in [-0.2, 0) is 9.57 Å². The Morgan fingerprint density at radius 1 is 1.33 bits per heavy atom. The van der Waals surface area contributed by atoms with E-state index in [1.54, 1.807) is 19.2 Å². The maximum Gasteiger partial charge on any atom is 0.151 e. The number of amidine groups is 1. The van der Waals surface area contributed by atoms with Gasteiger partial charge < -0.3 is 20.0 Å². The summed E-state index contributed by atoms with van der Waals surface area (Å²) in [6, 6.07) is 7.16. The summed E-state index contributed by atoms with van der Waals surface area (Å²) in [5.74, 6) is 1.10. The Kier molecular flexibility index (Phi) is 6.98. The molecule has 18 heavy (non-hydrogen) atoms. The average molecular weight is 273 g/mol. The lowest BCUT2D eigenvalue weighted by Crippen LogP contribution is -2.15. The van der Waals surface area contributed by atoms with Crippen molar-refractivity contribution in [1.82, 2.24) is 0 Å². The summed E-state index contributed by atoms with van der Waals surface area (Å²) in [6.07, 6.45) is 0.547. The van der Waals surface area contributed by atoms with Crippen LogP contribution in [0.4, 0.5) is 0 Å². The molecule has 0 aliphatic rings. The van der Waals surface area contributed by atoms with Gasteiger partial charge >= 0.3 is 0 Å². The summed E-state index contributed by atoms with van der Waals surface area (Å²) >= 11 is 5.81. The molecule has 0 saturated carbocycles. The van der Waals surface area contributed by atoms with Crippen LogP contribution in [0.2, 0.25) is 5.02 Å². The largest absolute Gasteiger partial charge is 0.490 e. The summed E-state index contributed by atoms with van der Waals surface area (Å²) in [6.45, 7) is 1.22. The van der Waals surface area contributed by atoms with E-state index in [9.17, 15) is 0 Å². The van der Waals surface area contributed by atoms with Gasteiger partial charge in [-0.15, -0.1) is 0 Å². The minimum absolute atomic E-state index is 0.320. The highest BCUT2D eigenvalue weighted by molar-refractivity contribution is 6.30. The molecule has 0 unspecified atom stereocenters. The minimum Gasteiger partial charge on any atom is -0.490 e. The van der Waals surface area contributed by atoms with Crippen molar-refractivity contribution in [1.29, 1.82) is 0 Å². The summed E-state index contributed by atoms with van der Waals surface area (Å²) in [5.41, 5.74) is 5.56. The Morgan fingerprint density at radius 2 is 2.17 bits per heavy atom. The Balaban J connectivity index is 2.15. The van der Waals surface area contributed by atoms with Crippen LogP contribution in [0, 0.1) is 0 Å². The van der Waals surface area contributed by atoms with Gasteiger partial charge in [0, 0.05) is 18.6 Å². The minimum atomic E-state index is 0.320. The summed E-state index contributed by atoms with van der Waals surface area (Å²) in [5, 5.41) is 4.35. The number of hydrogen-bond donors (Lipinski definition) is 1. The van der Waals surface area contributed by atoms with Crippen LogP contribution in [0.25, 0.3) is 0 Å². The van der Waals surface area contributed by atoms with Crippen molar-refractivity contribution in [3.63, 3.8) is 0 Å². The molecule has 0 saturated heterocycles. The SMILES string of the molecule is COCCC(N)=NOCCOc1cccc(Cl)c1. The molecule has 6 heteroatoms. The van der Waals surface area contributed by atoms with Gasteiger partial charge in [-0.05, 0) is 18.2 Å². The molecule has 2 N–H and O–H groups in total. The van der Waals surface area contributed by atoms with E-state index >= 15 is 0 Å². The number of methoxy groups -OCH3 is 1. The summed E-state index contributed by atoms with van der Waals surface area (Å²) < 4.78 is 10.3. The summed E-state index contributed by atoms with van der Waals surface area (Å²) in [7, 11) is 1.60. The van der Waals surface area contributed by atoms with Crippen LogP contribution in [0.5, 0.6) is 5.75 Å². The van der Waals surface area contributed by atoms with Crippen LogP contribution in [0.1, 0.15) is 6.42 Å². The monoisotopic (exact) mass is 272 g/mol. The Hall–Kier alpha value is -1.46.